The Balaban J connectivity index is 1.95. The van der Waals surface area contributed by atoms with E-state index in [1.54, 1.807) is 0 Å². The number of hydrogen-bond donors (Lipinski definition) is 1. The Morgan fingerprint density at radius 1 is 1.35 bits per heavy atom. The summed E-state index contributed by atoms with van der Waals surface area (Å²) in [4.78, 5) is 2.55. The fourth-order valence-corrected chi connectivity index (χ4v) is 2.88. The fourth-order valence-electron chi connectivity index (χ4n) is 2.88. The lowest BCUT2D eigenvalue weighted by Crippen LogP contribution is -2.44. The minimum atomic E-state index is 0.570. The lowest BCUT2D eigenvalue weighted by Gasteiger charge is -2.35. The Morgan fingerprint density at radius 2 is 2.10 bits per heavy atom. The quantitative estimate of drug-likeness (QED) is 0.864. The van der Waals surface area contributed by atoms with E-state index in [9.17, 15) is 0 Å². The normalized spacial score (nSPS) is 21.9. The molecule has 1 aliphatic rings. The molecular weight excluding hydrogens is 248 g/mol. The molecule has 0 radical (unpaired) electrons. The first kappa shape index (κ1) is 15.5. The van der Waals surface area contributed by atoms with Crippen molar-refractivity contribution in [3.05, 3.63) is 35.4 Å². The zero-order valence-corrected chi connectivity index (χ0v) is 13.1. The van der Waals surface area contributed by atoms with Gasteiger partial charge in [0, 0.05) is 25.7 Å². The fraction of sp³-hybridized carbons (Fsp3) is 0.647. The lowest BCUT2D eigenvalue weighted by molar-refractivity contribution is -0.0127. The Hall–Kier alpha value is -0.900. The van der Waals surface area contributed by atoms with Crippen LogP contribution < -0.4 is 5.32 Å². The summed E-state index contributed by atoms with van der Waals surface area (Å²) >= 11 is 0. The molecule has 1 aromatic rings. The molecule has 0 aromatic heterocycles. The molecule has 3 nitrogen and oxygen atoms in total. The Bertz CT molecular complexity index is 390. The molecule has 112 valence electrons. The van der Waals surface area contributed by atoms with Crippen molar-refractivity contribution in [2.24, 2.45) is 0 Å². The summed E-state index contributed by atoms with van der Waals surface area (Å²) in [6.45, 7) is 9.39. The van der Waals surface area contributed by atoms with Crippen LogP contribution in [-0.2, 0) is 11.3 Å². The molecule has 1 aromatic carbocycles. The van der Waals surface area contributed by atoms with Gasteiger partial charge in [0.2, 0.25) is 0 Å². The third-order valence-electron chi connectivity index (χ3n) is 4.27. The Labute approximate surface area is 123 Å². The summed E-state index contributed by atoms with van der Waals surface area (Å²) in [6.07, 6.45) is 1.16. The van der Waals surface area contributed by atoms with Crippen molar-refractivity contribution in [3.63, 3.8) is 0 Å². The summed E-state index contributed by atoms with van der Waals surface area (Å²) in [5.41, 5.74) is 2.82. The van der Waals surface area contributed by atoms with Crippen molar-refractivity contribution in [1.82, 2.24) is 10.2 Å². The van der Waals surface area contributed by atoms with Crippen LogP contribution in [0.15, 0.2) is 24.3 Å². The van der Waals surface area contributed by atoms with E-state index in [1.807, 2.05) is 7.05 Å². The first-order valence-electron chi connectivity index (χ1n) is 7.79. The van der Waals surface area contributed by atoms with Gasteiger partial charge in [-0.15, -0.1) is 0 Å². The van der Waals surface area contributed by atoms with Crippen LogP contribution in [0.2, 0.25) is 0 Å². The predicted molar refractivity (Wildman–Crippen MR) is 84.1 cm³/mol. The van der Waals surface area contributed by atoms with E-state index in [0.717, 1.165) is 39.3 Å². The first-order valence-corrected chi connectivity index (χ1v) is 7.79. The molecule has 1 heterocycles. The molecule has 2 rings (SSSR count). The summed E-state index contributed by atoms with van der Waals surface area (Å²) < 4.78 is 5.57. The van der Waals surface area contributed by atoms with E-state index >= 15 is 0 Å². The highest BCUT2D eigenvalue weighted by Crippen LogP contribution is 2.18. The van der Waals surface area contributed by atoms with Crippen molar-refractivity contribution in [2.75, 3.05) is 33.4 Å². The maximum absolute atomic E-state index is 5.57. The van der Waals surface area contributed by atoms with Crippen LogP contribution in [-0.4, -0.2) is 44.3 Å². The third kappa shape index (κ3) is 4.05. The van der Waals surface area contributed by atoms with Crippen LogP contribution in [0.4, 0.5) is 0 Å². The summed E-state index contributed by atoms with van der Waals surface area (Å²) in [6, 6.07) is 9.69. The topological polar surface area (TPSA) is 24.5 Å². The second-order valence-electron chi connectivity index (χ2n) is 5.81. The van der Waals surface area contributed by atoms with Crippen molar-refractivity contribution >= 4 is 0 Å². The number of benzene rings is 1. The minimum Gasteiger partial charge on any atom is -0.378 e. The number of rotatable bonds is 6. The number of nitrogens with one attached hydrogen (secondary N) is 1. The number of morpholine rings is 1. The molecule has 1 fully saturated rings. The van der Waals surface area contributed by atoms with Crippen molar-refractivity contribution in [3.8, 4) is 0 Å². The highest BCUT2D eigenvalue weighted by atomic mass is 16.5. The largest absolute Gasteiger partial charge is 0.378 e. The monoisotopic (exact) mass is 276 g/mol. The Morgan fingerprint density at radius 3 is 2.75 bits per heavy atom. The van der Waals surface area contributed by atoms with E-state index in [2.05, 4.69) is 48.3 Å². The van der Waals surface area contributed by atoms with Gasteiger partial charge in [-0.3, -0.25) is 4.90 Å². The van der Waals surface area contributed by atoms with Gasteiger partial charge in [-0.25, -0.2) is 0 Å². The van der Waals surface area contributed by atoms with Gasteiger partial charge in [0.05, 0.1) is 13.2 Å². The number of nitrogens with zero attached hydrogens (tertiary/aromatic N) is 1. The van der Waals surface area contributed by atoms with Gasteiger partial charge >= 0.3 is 0 Å². The average molecular weight is 276 g/mol. The SMILES string of the molecule is CCC1COCCN1Cc1ccc(C(C)CNC)cc1. The van der Waals surface area contributed by atoms with Crippen molar-refractivity contribution < 1.29 is 4.74 Å². The molecule has 0 spiro atoms. The molecule has 1 saturated heterocycles. The van der Waals surface area contributed by atoms with Gasteiger partial charge < -0.3 is 10.1 Å². The van der Waals surface area contributed by atoms with Crippen LogP contribution in [0.3, 0.4) is 0 Å². The summed E-state index contributed by atoms with van der Waals surface area (Å²) in [5, 5.41) is 3.24. The van der Waals surface area contributed by atoms with E-state index in [0.29, 0.717) is 12.0 Å². The van der Waals surface area contributed by atoms with E-state index in [1.165, 1.54) is 11.1 Å². The van der Waals surface area contributed by atoms with Gasteiger partial charge in [0.25, 0.3) is 0 Å². The molecule has 3 heteroatoms. The van der Waals surface area contributed by atoms with Gasteiger partial charge in [-0.2, -0.15) is 0 Å². The van der Waals surface area contributed by atoms with Crippen LogP contribution >= 0.6 is 0 Å². The standard InChI is InChI=1S/C17H28N2O/c1-4-17-13-20-10-9-19(17)12-15-5-7-16(8-6-15)14(2)11-18-3/h5-8,14,17-18H,4,9-13H2,1-3H3. The number of hydrogen-bond acceptors (Lipinski definition) is 3. The molecule has 2 atom stereocenters. The van der Waals surface area contributed by atoms with Crippen molar-refractivity contribution in [1.29, 1.82) is 0 Å². The number of ether oxygens (including phenoxy) is 1. The highest BCUT2D eigenvalue weighted by Gasteiger charge is 2.21. The Kier molecular flexibility index (Phi) is 6.02. The van der Waals surface area contributed by atoms with Gasteiger partial charge in [-0.1, -0.05) is 38.1 Å². The third-order valence-corrected chi connectivity index (χ3v) is 4.27. The molecule has 0 saturated carbocycles. The molecule has 20 heavy (non-hydrogen) atoms. The molecule has 1 N–H and O–H groups in total. The number of likely N-dealkylation sites (N-methyl/N-ethyl adjacent to an activating group) is 1. The smallest absolute Gasteiger partial charge is 0.0622 e. The predicted octanol–water partition coefficient (Wildman–Crippen LogP) is 2.62. The summed E-state index contributed by atoms with van der Waals surface area (Å²) in [7, 11) is 2.01. The van der Waals surface area contributed by atoms with E-state index < -0.39 is 0 Å². The molecule has 2 unspecified atom stereocenters. The molecule has 0 aliphatic carbocycles. The molecule has 1 aliphatic heterocycles. The van der Waals surface area contributed by atoms with Gasteiger partial charge in [-0.05, 0) is 30.5 Å². The first-order chi connectivity index (χ1) is 9.74. The molecular formula is C17H28N2O. The lowest BCUT2D eigenvalue weighted by atomic mass is 9.99. The van der Waals surface area contributed by atoms with Gasteiger partial charge in [0.1, 0.15) is 0 Å². The van der Waals surface area contributed by atoms with Crippen LogP contribution in [0, 0.1) is 0 Å². The van der Waals surface area contributed by atoms with Crippen LogP contribution in [0.25, 0.3) is 0 Å². The highest BCUT2D eigenvalue weighted by molar-refractivity contribution is 5.25. The van der Waals surface area contributed by atoms with E-state index in [-0.39, 0.29) is 0 Å². The van der Waals surface area contributed by atoms with Crippen molar-refractivity contribution in [2.45, 2.75) is 38.8 Å². The summed E-state index contributed by atoms with van der Waals surface area (Å²) in [5.74, 6) is 0.570. The zero-order chi connectivity index (χ0) is 14.4. The average Bonchev–Trinajstić information content (AvgIpc) is 2.49. The van der Waals surface area contributed by atoms with E-state index in [4.69, 9.17) is 4.74 Å². The van der Waals surface area contributed by atoms with Gasteiger partial charge in [0.15, 0.2) is 0 Å². The zero-order valence-electron chi connectivity index (χ0n) is 13.1. The molecule has 0 bridgehead atoms. The maximum atomic E-state index is 5.57. The second-order valence-corrected chi connectivity index (χ2v) is 5.81. The maximum Gasteiger partial charge on any atom is 0.0622 e. The molecule has 0 amide bonds. The van der Waals surface area contributed by atoms with Crippen LogP contribution in [0.1, 0.15) is 37.3 Å². The van der Waals surface area contributed by atoms with Crippen LogP contribution in [0.5, 0.6) is 0 Å². The second kappa shape index (κ2) is 7.77. The minimum absolute atomic E-state index is 0.570.